The molecule has 1 saturated carbocycles. The fraction of sp³-hybridized carbons (Fsp3) is 0.174. The van der Waals surface area contributed by atoms with E-state index in [0.29, 0.717) is 11.3 Å². The van der Waals surface area contributed by atoms with E-state index in [0.717, 1.165) is 37.1 Å². The van der Waals surface area contributed by atoms with Gasteiger partial charge in [0.25, 0.3) is 5.91 Å². The number of aliphatic imine (C=N–C) groups is 1. The first kappa shape index (κ1) is 26.3. The molecule has 0 radical (unpaired) electrons. The van der Waals surface area contributed by atoms with Gasteiger partial charge in [-0.15, -0.1) is 0 Å². The van der Waals surface area contributed by atoms with Gasteiger partial charge in [-0.2, -0.15) is 23.1 Å². The molecule has 1 aliphatic carbocycles. The number of amides is 1. The Hall–Kier alpha value is -3.80. The van der Waals surface area contributed by atoms with Gasteiger partial charge in [0.05, 0.1) is 5.56 Å². The first-order valence-corrected chi connectivity index (χ1v) is 12.3. The van der Waals surface area contributed by atoms with Crippen LogP contribution in [0.15, 0.2) is 65.7 Å². The molecule has 0 saturated heterocycles. The van der Waals surface area contributed by atoms with Crippen LogP contribution in [-0.2, 0) is 10.7 Å². The third-order valence-corrected chi connectivity index (χ3v) is 5.56. The van der Waals surface area contributed by atoms with E-state index >= 15 is 0 Å². The minimum Gasteiger partial charge on any atom is -0.386 e. The molecule has 1 heterocycles. The van der Waals surface area contributed by atoms with E-state index in [1.807, 2.05) is 0 Å². The summed E-state index contributed by atoms with van der Waals surface area (Å²) in [5.41, 5.74) is -0.000796. The van der Waals surface area contributed by atoms with Crippen LogP contribution in [0.2, 0.25) is 0 Å². The van der Waals surface area contributed by atoms with Gasteiger partial charge in [-0.05, 0) is 72.9 Å². The normalized spacial score (nSPS) is 14.3. The van der Waals surface area contributed by atoms with E-state index in [2.05, 4.69) is 25.1 Å². The van der Waals surface area contributed by atoms with E-state index in [9.17, 15) is 26.9 Å². The van der Waals surface area contributed by atoms with Crippen LogP contribution in [0.4, 0.5) is 29.1 Å². The van der Waals surface area contributed by atoms with Crippen LogP contribution in [0.1, 0.15) is 40.2 Å². The van der Waals surface area contributed by atoms with Crippen molar-refractivity contribution in [1.82, 2.24) is 4.98 Å². The van der Waals surface area contributed by atoms with Crippen molar-refractivity contribution in [2.24, 2.45) is 4.99 Å². The summed E-state index contributed by atoms with van der Waals surface area (Å²) >= 11 is 0. The number of aromatic nitrogens is 1. The van der Waals surface area contributed by atoms with Crippen LogP contribution in [0.5, 0.6) is 5.88 Å². The maximum absolute atomic E-state index is 13.9. The van der Waals surface area contributed by atoms with Crippen LogP contribution in [0.25, 0.3) is 0 Å². The number of nitrogens with zero attached hydrogens (tertiary/aromatic N) is 2. The van der Waals surface area contributed by atoms with Crippen LogP contribution < -0.4 is 15.2 Å². The number of carbonyl (C=O) groups is 1. The Morgan fingerprint density at radius 3 is 2.38 bits per heavy atom. The minimum absolute atomic E-state index is 0.0347. The van der Waals surface area contributed by atoms with Crippen molar-refractivity contribution in [1.29, 1.82) is 0 Å². The van der Waals surface area contributed by atoms with Crippen molar-refractivity contribution in [2.75, 3.05) is 10.6 Å². The van der Waals surface area contributed by atoms with Crippen molar-refractivity contribution in [2.45, 2.75) is 24.9 Å². The summed E-state index contributed by atoms with van der Waals surface area (Å²) in [4.78, 5) is 38.6. The average molecular weight is 538 g/mol. The highest BCUT2D eigenvalue weighted by Crippen LogP contribution is 2.43. The maximum Gasteiger partial charge on any atom is 0.526 e. The number of anilines is 2. The molecule has 0 aliphatic heterocycles. The minimum atomic E-state index is -4.90. The molecule has 0 bridgehead atoms. The number of hydrogen-bond donors (Lipinski definition) is 4. The highest BCUT2D eigenvalue weighted by molar-refractivity contribution is 7.46. The maximum atomic E-state index is 13.9. The Bertz CT molecular complexity index is 1390. The first-order valence-electron chi connectivity index (χ1n) is 10.7. The number of phosphoric ester groups is 1. The lowest BCUT2D eigenvalue weighted by atomic mass is 10.1. The van der Waals surface area contributed by atoms with Gasteiger partial charge in [0, 0.05) is 17.3 Å². The monoisotopic (exact) mass is 538 g/mol. The molecule has 1 aliphatic rings. The van der Waals surface area contributed by atoms with Crippen molar-refractivity contribution >= 4 is 31.2 Å². The van der Waals surface area contributed by atoms with Gasteiger partial charge >= 0.3 is 14.0 Å². The van der Waals surface area contributed by atoms with Gasteiger partial charge in [0.1, 0.15) is 11.6 Å². The van der Waals surface area contributed by atoms with Gasteiger partial charge in [-0.3, -0.25) is 14.6 Å². The lowest BCUT2D eigenvalue weighted by Crippen LogP contribution is -2.25. The van der Waals surface area contributed by atoms with Gasteiger partial charge < -0.3 is 15.2 Å². The second-order valence-electron chi connectivity index (χ2n) is 8.04. The number of alkyl halides is 3. The summed E-state index contributed by atoms with van der Waals surface area (Å²) in [6, 6.07) is 11.4. The number of carbonyl (C=O) groups excluding carboxylic acids is 1. The molecule has 37 heavy (non-hydrogen) atoms. The fourth-order valence-electron chi connectivity index (χ4n) is 3.34. The molecular formula is C23H19F4N4O5P. The number of nitrogens with one attached hydrogen (secondary N) is 2. The SMILES string of the molecule is O=C(N=C(Nc1cccc(OP(=O)(O)O)n1)Nc1ccc(F)cc1C1CC1)c1ccc(C(F)(F)F)cc1. The summed E-state index contributed by atoms with van der Waals surface area (Å²) in [7, 11) is -4.90. The van der Waals surface area contributed by atoms with Crippen molar-refractivity contribution in [3.63, 3.8) is 0 Å². The number of rotatable bonds is 6. The fourth-order valence-corrected chi connectivity index (χ4v) is 3.69. The molecule has 1 fully saturated rings. The molecular weight excluding hydrogens is 519 g/mol. The molecule has 4 N–H and O–H groups in total. The second-order valence-corrected chi connectivity index (χ2v) is 9.20. The predicted molar refractivity (Wildman–Crippen MR) is 126 cm³/mol. The summed E-state index contributed by atoms with van der Waals surface area (Å²) in [6.07, 6.45) is -2.90. The lowest BCUT2D eigenvalue weighted by Gasteiger charge is -2.15. The topological polar surface area (TPSA) is 133 Å². The molecule has 2 aromatic carbocycles. The zero-order valence-corrected chi connectivity index (χ0v) is 19.6. The van der Waals surface area contributed by atoms with E-state index in [4.69, 9.17) is 9.79 Å². The van der Waals surface area contributed by atoms with Crippen molar-refractivity contribution in [3.05, 3.63) is 83.2 Å². The molecule has 0 spiro atoms. The van der Waals surface area contributed by atoms with Gasteiger partial charge in [-0.1, -0.05) is 6.07 Å². The van der Waals surface area contributed by atoms with E-state index in [-0.39, 0.29) is 23.3 Å². The number of hydrogen-bond acceptors (Lipinski definition) is 4. The number of benzene rings is 2. The van der Waals surface area contributed by atoms with Crippen LogP contribution in [0, 0.1) is 5.82 Å². The van der Waals surface area contributed by atoms with E-state index < -0.39 is 37.2 Å². The zero-order chi connectivity index (χ0) is 26.8. The van der Waals surface area contributed by atoms with Crippen LogP contribution in [0.3, 0.4) is 0 Å². The molecule has 1 aromatic heterocycles. The first-order chi connectivity index (χ1) is 17.4. The van der Waals surface area contributed by atoms with Gasteiger partial charge in [0.2, 0.25) is 11.8 Å². The highest BCUT2D eigenvalue weighted by atomic mass is 31.2. The van der Waals surface area contributed by atoms with Gasteiger partial charge in [0.15, 0.2) is 0 Å². The molecule has 3 aromatic rings. The number of guanidine groups is 1. The van der Waals surface area contributed by atoms with E-state index in [1.54, 1.807) is 0 Å². The summed E-state index contributed by atoms with van der Waals surface area (Å²) in [5.74, 6) is -1.94. The quantitative estimate of drug-likeness (QED) is 0.144. The Morgan fingerprint density at radius 2 is 1.76 bits per heavy atom. The molecule has 194 valence electrons. The van der Waals surface area contributed by atoms with Crippen molar-refractivity contribution in [3.8, 4) is 5.88 Å². The Balaban J connectivity index is 1.66. The second kappa shape index (κ2) is 10.3. The smallest absolute Gasteiger partial charge is 0.386 e. The number of phosphoric acid groups is 1. The van der Waals surface area contributed by atoms with Gasteiger partial charge in [-0.25, -0.2) is 8.96 Å². The molecule has 0 unspecified atom stereocenters. The standard InChI is InChI=1S/C23H19F4N4O5P/c24-16-10-11-18(17(12-16)13-4-5-13)28-22(30-19-2-1-3-20(29-19)36-37(33,34)35)31-21(32)14-6-8-15(9-7-14)23(25,26)27/h1-3,6-13H,4-5H2,(H2,33,34,35)(H2,28,29,30,31,32). The molecule has 4 rings (SSSR count). The lowest BCUT2D eigenvalue weighted by molar-refractivity contribution is -0.137. The third kappa shape index (κ3) is 7.35. The largest absolute Gasteiger partial charge is 0.526 e. The van der Waals surface area contributed by atoms with Crippen LogP contribution >= 0.6 is 7.82 Å². The third-order valence-electron chi connectivity index (χ3n) is 5.14. The van der Waals surface area contributed by atoms with Crippen molar-refractivity contribution < 1.29 is 41.2 Å². The number of halogens is 4. The number of pyridine rings is 1. The summed E-state index contributed by atoms with van der Waals surface area (Å²) in [6.45, 7) is 0. The Morgan fingerprint density at radius 1 is 1.05 bits per heavy atom. The Labute approximate surface area is 207 Å². The summed E-state index contributed by atoms with van der Waals surface area (Å²) in [5, 5.41) is 5.58. The summed E-state index contributed by atoms with van der Waals surface area (Å²) < 4.78 is 68.0. The van der Waals surface area contributed by atoms with Crippen LogP contribution in [-0.4, -0.2) is 26.6 Å². The van der Waals surface area contributed by atoms with E-state index in [1.165, 1.54) is 36.4 Å². The predicted octanol–water partition coefficient (Wildman–Crippen LogP) is 5.31. The molecule has 14 heteroatoms. The highest BCUT2D eigenvalue weighted by Gasteiger charge is 2.30. The molecule has 9 nitrogen and oxygen atoms in total. The Kier molecular flexibility index (Phi) is 7.30. The molecule has 1 amide bonds. The zero-order valence-electron chi connectivity index (χ0n) is 18.7. The average Bonchev–Trinajstić information content (AvgIpc) is 3.64. The molecule has 0 atom stereocenters.